The van der Waals surface area contributed by atoms with E-state index in [4.69, 9.17) is 0 Å². The highest BCUT2D eigenvalue weighted by molar-refractivity contribution is 7.89. The summed E-state index contributed by atoms with van der Waals surface area (Å²) in [6.45, 7) is 0. The highest BCUT2D eigenvalue weighted by Gasteiger charge is 2.26. The van der Waals surface area contributed by atoms with Crippen LogP contribution in [0.5, 0.6) is 0 Å². The van der Waals surface area contributed by atoms with Crippen molar-refractivity contribution in [2.24, 2.45) is 0 Å². The number of hydrogen-bond acceptors (Lipinski definition) is 6. The minimum absolute atomic E-state index is 0.0247. The average Bonchev–Trinajstić information content (AvgIpc) is 2.54. The molecule has 0 bridgehead atoms. The lowest BCUT2D eigenvalue weighted by Gasteiger charge is -2.11. The van der Waals surface area contributed by atoms with Crippen molar-refractivity contribution in [2.45, 2.75) is 4.90 Å². The van der Waals surface area contributed by atoms with E-state index in [0.29, 0.717) is 6.29 Å². The molecule has 0 aliphatic rings. The van der Waals surface area contributed by atoms with Crippen LogP contribution >= 0.6 is 0 Å². The summed E-state index contributed by atoms with van der Waals surface area (Å²) in [5.41, 5.74) is -0.480. The maximum atomic E-state index is 12.2. The summed E-state index contributed by atoms with van der Waals surface area (Å²) in [4.78, 5) is 27.8. The number of nitro benzene ring substituents is 1. The summed E-state index contributed by atoms with van der Waals surface area (Å²) < 4.78 is 24.4. The lowest BCUT2D eigenvalue weighted by atomic mass is 10.0. The summed E-state index contributed by atoms with van der Waals surface area (Å²) in [5.74, 6) is 0. The molecule has 0 fully saturated rings. The maximum Gasteiger partial charge on any atom is 0.287 e. The van der Waals surface area contributed by atoms with Gasteiger partial charge in [-0.1, -0.05) is 29.2 Å². The lowest BCUT2D eigenvalue weighted by Crippen LogP contribution is -2.23. The van der Waals surface area contributed by atoms with Gasteiger partial charge in [-0.25, -0.2) is 8.42 Å². The average molecular weight is 336 g/mol. The van der Waals surface area contributed by atoms with Gasteiger partial charge < -0.3 is 0 Å². The van der Waals surface area contributed by atoms with Crippen LogP contribution in [0.3, 0.4) is 0 Å². The van der Waals surface area contributed by atoms with Crippen molar-refractivity contribution in [3.63, 3.8) is 0 Å². The highest BCUT2D eigenvalue weighted by atomic mass is 32.2. The number of sulfonamides is 1. The molecule has 120 valence electrons. The molecule has 23 heavy (non-hydrogen) atoms. The summed E-state index contributed by atoms with van der Waals surface area (Å²) in [7, 11) is -2.90. The van der Waals surface area contributed by atoms with Gasteiger partial charge in [0.1, 0.15) is 0 Å². The van der Waals surface area contributed by atoms with E-state index in [1.807, 2.05) is 4.89 Å². The van der Waals surface area contributed by atoms with E-state index in [9.17, 15) is 23.3 Å². The van der Waals surface area contributed by atoms with Crippen LogP contribution < -0.4 is 4.89 Å². The number of carbonyl (C=O) groups excluding carboxylic acids is 1. The van der Waals surface area contributed by atoms with Crippen LogP contribution in [0, 0.1) is 10.1 Å². The number of rotatable bonds is 6. The van der Waals surface area contributed by atoms with Crippen molar-refractivity contribution in [1.29, 1.82) is 0 Å². The zero-order chi connectivity index (χ0) is 17.0. The Morgan fingerprint density at radius 3 is 2.39 bits per heavy atom. The second-order valence-electron chi connectivity index (χ2n) is 4.41. The predicted octanol–water partition coefficient (Wildman–Crippen LogP) is 1.91. The topological polar surface area (TPSA) is 116 Å². The van der Waals surface area contributed by atoms with Gasteiger partial charge in [0.15, 0.2) is 6.29 Å². The first-order valence-electron chi connectivity index (χ1n) is 6.29. The van der Waals surface area contributed by atoms with E-state index < -0.39 is 20.6 Å². The van der Waals surface area contributed by atoms with Gasteiger partial charge in [0.25, 0.3) is 15.7 Å². The smallest absolute Gasteiger partial charge is 0.287 e. The Bertz CT molecular complexity index is 863. The van der Waals surface area contributed by atoms with Gasteiger partial charge in [-0.05, 0) is 18.2 Å². The van der Waals surface area contributed by atoms with E-state index in [1.54, 1.807) is 6.07 Å². The van der Waals surface area contributed by atoms with Crippen molar-refractivity contribution < 1.29 is 23.0 Å². The standard InChI is InChI=1S/C14H12N2O6S/c1-22-15-23(20,21)13-8-3-2-6-11(13)12-7-4-5-10(9-17)14(12)16(18)19/h2-9,15H,1H3. The van der Waals surface area contributed by atoms with Crippen LogP contribution in [0.2, 0.25) is 0 Å². The summed E-state index contributed by atoms with van der Waals surface area (Å²) in [6.07, 6.45) is 0.353. The molecule has 0 radical (unpaired) electrons. The Labute approximate surface area is 131 Å². The fourth-order valence-corrected chi connectivity index (χ4v) is 3.19. The number of nitrogens with one attached hydrogen (secondary N) is 1. The SMILES string of the molecule is CONS(=O)(=O)c1ccccc1-c1cccc(C=O)c1[N+](=O)[O-]. The van der Waals surface area contributed by atoms with E-state index in [0.717, 1.165) is 7.11 Å². The van der Waals surface area contributed by atoms with Crippen molar-refractivity contribution in [3.05, 3.63) is 58.1 Å². The molecular formula is C14H12N2O6S. The molecule has 0 unspecified atom stereocenters. The normalized spacial score (nSPS) is 11.2. The first-order chi connectivity index (χ1) is 10.9. The fourth-order valence-electron chi connectivity index (χ4n) is 2.16. The van der Waals surface area contributed by atoms with Gasteiger partial charge >= 0.3 is 0 Å². The molecule has 0 heterocycles. The van der Waals surface area contributed by atoms with Crippen molar-refractivity contribution in [3.8, 4) is 11.1 Å². The number of carbonyl (C=O) groups is 1. The molecule has 1 N–H and O–H groups in total. The molecule has 0 aromatic heterocycles. The molecule has 0 saturated heterocycles. The molecule has 2 aromatic rings. The Hall–Kier alpha value is -2.62. The molecule has 0 aliphatic carbocycles. The van der Waals surface area contributed by atoms with Gasteiger partial charge in [0, 0.05) is 5.56 Å². The zero-order valence-corrected chi connectivity index (χ0v) is 12.7. The molecule has 8 nitrogen and oxygen atoms in total. The molecule has 9 heteroatoms. The second-order valence-corrected chi connectivity index (χ2v) is 6.02. The van der Waals surface area contributed by atoms with Crippen molar-refractivity contribution >= 4 is 22.0 Å². The van der Waals surface area contributed by atoms with Crippen molar-refractivity contribution in [2.75, 3.05) is 7.11 Å². The van der Waals surface area contributed by atoms with Crippen LogP contribution in [-0.2, 0) is 14.9 Å². The summed E-state index contributed by atoms with van der Waals surface area (Å²) >= 11 is 0. The maximum absolute atomic E-state index is 12.2. The molecule has 2 rings (SSSR count). The third-order valence-corrected chi connectivity index (χ3v) is 4.36. The van der Waals surface area contributed by atoms with Crippen LogP contribution in [-0.4, -0.2) is 26.7 Å². The van der Waals surface area contributed by atoms with E-state index in [-0.39, 0.29) is 21.6 Å². The number of para-hydroxylation sites is 1. The first-order valence-corrected chi connectivity index (χ1v) is 7.77. The molecule has 0 atom stereocenters. The van der Waals surface area contributed by atoms with E-state index >= 15 is 0 Å². The highest BCUT2D eigenvalue weighted by Crippen LogP contribution is 2.35. The monoisotopic (exact) mass is 336 g/mol. The quantitative estimate of drug-likeness (QED) is 0.489. The molecule has 0 saturated carbocycles. The van der Waals surface area contributed by atoms with Gasteiger partial charge in [-0.3, -0.25) is 19.7 Å². The van der Waals surface area contributed by atoms with Crippen molar-refractivity contribution in [1.82, 2.24) is 4.89 Å². The second kappa shape index (κ2) is 6.65. The van der Waals surface area contributed by atoms with Gasteiger partial charge in [-0.15, -0.1) is 0 Å². The molecule has 0 aliphatic heterocycles. The van der Waals surface area contributed by atoms with E-state index in [1.165, 1.54) is 36.4 Å². The number of nitro groups is 1. The summed E-state index contributed by atoms with van der Waals surface area (Å²) in [6, 6.07) is 9.83. The summed E-state index contributed by atoms with van der Waals surface area (Å²) in [5, 5.41) is 11.3. The Balaban J connectivity index is 2.80. The lowest BCUT2D eigenvalue weighted by molar-refractivity contribution is -0.384. The number of aldehydes is 1. The Morgan fingerprint density at radius 1 is 1.13 bits per heavy atom. The Kier molecular flexibility index (Phi) is 4.84. The minimum atomic E-state index is -4.03. The van der Waals surface area contributed by atoms with Crippen LogP contribution in [0.4, 0.5) is 5.69 Å². The van der Waals surface area contributed by atoms with Crippen LogP contribution in [0.1, 0.15) is 10.4 Å². The molecular weight excluding hydrogens is 324 g/mol. The van der Waals surface area contributed by atoms with Crippen LogP contribution in [0.25, 0.3) is 11.1 Å². The van der Waals surface area contributed by atoms with Gasteiger partial charge in [0.2, 0.25) is 0 Å². The van der Waals surface area contributed by atoms with E-state index in [2.05, 4.69) is 4.84 Å². The zero-order valence-electron chi connectivity index (χ0n) is 11.9. The first kappa shape index (κ1) is 16.7. The third kappa shape index (κ3) is 3.26. The number of benzene rings is 2. The van der Waals surface area contributed by atoms with Gasteiger partial charge in [0.05, 0.1) is 28.1 Å². The van der Waals surface area contributed by atoms with Gasteiger partial charge in [-0.2, -0.15) is 0 Å². The fraction of sp³-hybridized carbons (Fsp3) is 0.0714. The third-order valence-electron chi connectivity index (χ3n) is 3.04. The largest absolute Gasteiger partial charge is 0.298 e. The molecule has 0 amide bonds. The molecule has 2 aromatic carbocycles. The minimum Gasteiger partial charge on any atom is -0.298 e. The predicted molar refractivity (Wildman–Crippen MR) is 81.3 cm³/mol. The number of nitrogens with zero attached hydrogens (tertiary/aromatic N) is 1. The van der Waals surface area contributed by atoms with Crippen LogP contribution in [0.15, 0.2) is 47.4 Å². The number of hydrogen-bond donors (Lipinski definition) is 1. The Morgan fingerprint density at radius 2 is 1.78 bits per heavy atom. The molecule has 0 spiro atoms.